The van der Waals surface area contributed by atoms with E-state index in [1.54, 1.807) is 0 Å². The van der Waals surface area contributed by atoms with Gasteiger partial charge < -0.3 is 5.11 Å². The van der Waals surface area contributed by atoms with Gasteiger partial charge in [-0.05, 0) is 25.7 Å². The lowest BCUT2D eigenvalue weighted by atomic mass is 9.89. The smallest absolute Gasteiger partial charge is 0.320 e. The van der Waals surface area contributed by atoms with Crippen LogP contribution in [-0.2, 0) is 4.79 Å². The quantitative estimate of drug-likeness (QED) is 0.675. The van der Waals surface area contributed by atoms with Crippen molar-refractivity contribution in [3.05, 3.63) is 0 Å². The molecule has 0 radical (unpaired) electrons. The van der Waals surface area contributed by atoms with E-state index in [1.165, 1.54) is 38.5 Å². The van der Waals surface area contributed by atoms with Crippen LogP contribution in [0.3, 0.4) is 0 Å². The lowest BCUT2D eigenvalue weighted by molar-refractivity contribution is -0.139. The molecule has 1 atom stereocenters. The first-order valence-electron chi connectivity index (χ1n) is 5.72. The molecule has 2 aliphatic rings. The molecule has 3 heteroatoms. The standard InChI is InChI=1S/C11H19NO2/c13-10(14)9-5-8-11(12-9)6-3-1-2-4-7-11/h9,12H,1-8H2,(H,13,14). The zero-order chi connectivity index (χ0) is 10.0. The van der Waals surface area contributed by atoms with E-state index in [1.807, 2.05) is 0 Å². The molecule has 1 unspecified atom stereocenters. The van der Waals surface area contributed by atoms with Crippen LogP contribution in [0, 0.1) is 0 Å². The van der Waals surface area contributed by atoms with Crippen LogP contribution in [0.1, 0.15) is 51.4 Å². The van der Waals surface area contributed by atoms with Crippen molar-refractivity contribution < 1.29 is 9.90 Å². The summed E-state index contributed by atoms with van der Waals surface area (Å²) in [5.74, 6) is -0.675. The van der Waals surface area contributed by atoms with Crippen molar-refractivity contribution in [1.29, 1.82) is 0 Å². The number of rotatable bonds is 1. The maximum atomic E-state index is 10.9. The minimum atomic E-state index is -0.675. The normalized spacial score (nSPS) is 31.6. The Balaban J connectivity index is 1.99. The van der Waals surface area contributed by atoms with E-state index in [0.29, 0.717) is 0 Å². The maximum absolute atomic E-state index is 10.9. The van der Waals surface area contributed by atoms with Crippen LogP contribution < -0.4 is 5.32 Å². The van der Waals surface area contributed by atoms with E-state index in [4.69, 9.17) is 5.11 Å². The monoisotopic (exact) mass is 197 g/mol. The summed E-state index contributed by atoms with van der Waals surface area (Å²) < 4.78 is 0. The fourth-order valence-electron chi connectivity index (χ4n) is 2.92. The summed E-state index contributed by atoms with van der Waals surface area (Å²) >= 11 is 0. The Morgan fingerprint density at radius 1 is 1.14 bits per heavy atom. The Labute approximate surface area is 84.9 Å². The van der Waals surface area contributed by atoms with E-state index in [0.717, 1.165) is 12.8 Å². The molecule has 2 rings (SSSR count). The number of hydrogen-bond donors (Lipinski definition) is 2. The van der Waals surface area contributed by atoms with Gasteiger partial charge in [0.2, 0.25) is 0 Å². The van der Waals surface area contributed by atoms with Crippen LogP contribution in [0.15, 0.2) is 0 Å². The van der Waals surface area contributed by atoms with Gasteiger partial charge in [-0.3, -0.25) is 10.1 Å². The molecule has 1 saturated carbocycles. The molecule has 0 amide bonds. The summed E-state index contributed by atoms with van der Waals surface area (Å²) in [6.45, 7) is 0. The molecule has 1 saturated heterocycles. The van der Waals surface area contributed by atoms with Crippen LogP contribution in [-0.4, -0.2) is 22.7 Å². The first-order chi connectivity index (χ1) is 6.72. The zero-order valence-corrected chi connectivity index (χ0v) is 8.59. The van der Waals surface area contributed by atoms with Crippen molar-refractivity contribution in [1.82, 2.24) is 5.32 Å². The number of nitrogens with one attached hydrogen (secondary N) is 1. The third-order valence-electron chi connectivity index (χ3n) is 3.75. The van der Waals surface area contributed by atoms with Gasteiger partial charge in [0.25, 0.3) is 0 Å². The highest BCUT2D eigenvalue weighted by Crippen LogP contribution is 2.35. The van der Waals surface area contributed by atoms with Crippen molar-refractivity contribution in [2.45, 2.75) is 62.9 Å². The largest absolute Gasteiger partial charge is 0.480 e. The maximum Gasteiger partial charge on any atom is 0.320 e. The fraction of sp³-hybridized carbons (Fsp3) is 0.909. The molecular formula is C11H19NO2. The van der Waals surface area contributed by atoms with E-state index in [9.17, 15) is 4.79 Å². The Bertz CT molecular complexity index is 219. The zero-order valence-electron chi connectivity index (χ0n) is 8.59. The summed E-state index contributed by atoms with van der Waals surface area (Å²) in [7, 11) is 0. The lowest BCUT2D eigenvalue weighted by Gasteiger charge is -2.28. The summed E-state index contributed by atoms with van der Waals surface area (Å²) in [5, 5.41) is 12.3. The number of carboxylic acids is 1. The summed E-state index contributed by atoms with van der Waals surface area (Å²) in [6.07, 6.45) is 9.40. The number of aliphatic carboxylic acids is 1. The molecular weight excluding hydrogens is 178 g/mol. The van der Waals surface area contributed by atoms with Gasteiger partial charge in [-0.15, -0.1) is 0 Å². The molecule has 2 fully saturated rings. The third-order valence-corrected chi connectivity index (χ3v) is 3.75. The number of carboxylic acid groups (broad SMARTS) is 1. The van der Waals surface area contributed by atoms with Crippen molar-refractivity contribution in [3.63, 3.8) is 0 Å². The topological polar surface area (TPSA) is 49.3 Å². The van der Waals surface area contributed by atoms with E-state index in [2.05, 4.69) is 5.32 Å². The van der Waals surface area contributed by atoms with Crippen molar-refractivity contribution in [2.75, 3.05) is 0 Å². The van der Waals surface area contributed by atoms with Crippen molar-refractivity contribution in [3.8, 4) is 0 Å². The molecule has 0 bridgehead atoms. The molecule has 1 heterocycles. The predicted molar refractivity (Wildman–Crippen MR) is 54.2 cm³/mol. The average molecular weight is 197 g/mol. The second-order valence-corrected chi connectivity index (χ2v) is 4.77. The molecule has 0 aromatic rings. The van der Waals surface area contributed by atoms with Gasteiger partial charge >= 0.3 is 5.97 Å². The number of carbonyl (C=O) groups is 1. The highest BCUT2D eigenvalue weighted by molar-refractivity contribution is 5.74. The van der Waals surface area contributed by atoms with Crippen LogP contribution in [0.2, 0.25) is 0 Å². The Morgan fingerprint density at radius 2 is 1.79 bits per heavy atom. The number of hydrogen-bond acceptors (Lipinski definition) is 2. The second-order valence-electron chi connectivity index (χ2n) is 4.77. The predicted octanol–water partition coefficient (Wildman–Crippen LogP) is 1.92. The molecule has 1 aliphatic heterocycles. The molecule has 0 aromatic carbocycles. The lowest BCUT2D eigenvalue weighted by Crippen LogP contribution is -2.45. The van der Waals surface area contributed by atoms with E-state index < -0.39 is 5.97 Å². The molecule has 80 valence electrons. The average Bonchev–Trinajstić information content (AvgIpc) is 2.41. The molecule has 0 aromatic heterocycles. The highest BCUT2D eigenvalue weighted by Gasteiger charge is 2.40. The van der Waals surface area contributed by atoms with Gasteiger partial charge in [0, 0.05) is 5.54 Å². The van der Waals surface area contributed by atoms with Gasteiger partial charge in [0.15, 0.2) is 0 Å². The Hall–Kier alpha value is -0.570. The second kappa shape index (κ2) is 3.89. The molecule has 1 aliphatic carbocycles. The van der Waals surface area contributed by atoms with Gasteiger partial charge in [-0.2, -0.15) is 0 Å². The molecule has 3 nitrogen and oxygen atoms in total. The molecule has 1 spiro atoms. The Kier molecular flexibility index (Phi) is 2.77. The van der Waals surface area contributed by atoms with Gasteiger partial charge in [0.05, 0.1) is 0 Å². The van der Waals surface area contributed by atoms with Crippen LogP contribution in [0.5, 0.6) is 0 Å². The van der Waals surface area contributed by atoms with E-state index >= 15 is 0 Å². The third kappa shape index (κ3) is 1.92. The SMILES string of the molecule is O=C(O)C1CCC2(CCCCCC2)N1. The summed E-state index contributed by atoms with van der Waals surface area (Å²) in [6, 6.07) is -0.284. The molecule has 14 heavy (non-hydrogen) atoms. The highest BCUT2D eigenvalue weighted by atomic mass is 16.4. The fourth-order valence-corrected chi connectivity index (χ4v) is 2.92. The minimum Gasteiger partial charge on any atom is -0.480 e. The Morgan fingerprint density at radius 3 is 2.29 bits per heavy atom. The van der Waals surface area contributed by atoms with Crippen LogP contribution in [0.25, 0.3) is 0 Å². The summed E-state index contributed by atoms with van der Waals surface area (Å²) in [5.41, 5.74) is 0.180. The van der Waals surface area contributed by atoms with Gasteiger partial charge in [-0.1, -0.05) is 25.7 Å². The first-order valence-corrected chi connectivity index (χ1v) is 5.72. The van der Waals surface area contributed by atoms with Gasteiger partial charge in [-0.25, -0.2) is 0 Å². The first kappa shape index (κ1) is 9.97. The minimum absolute atomic E-state index is 0.180. The van der Waals surface area contributed by atoms with Crippen LogP contribution in [0.4, 0.5) is 0 Å². The summed E-state index contributed by atoms with van der Waals surface area (Å²) in [4.78, 5) is 10.9. The van der Waals surface area contributed by atoms with Crippen molar-refractivity contribution in [2.24, 2.45) is 0 Å². The van der Waals surface area contributed by atoms with Crippen molar-refractivity contribution >= 4 is 5.97 Å². The van der Waals surface area contributed by atoms with Crippen LogP contribution >= 0.6 is 0 Å². The van der Waals surface area contributed by atoms with Gasteiger partial charge in [0.1, 0.15) is 6.04 Å². The molecule has 2 N–H and O–H groups in total. The van der Waals surface area contributed by atoms with E-state index in [-0.39, 0.29) is 11.6 Å².